The van der Waals surface area contributed by atoms with Crippen LogP contribution in [0.5, 0.6) is 23.0 Å². The van der Waals surface area contributed by atoms with E-state index in [-0.39, 0.29) is 29.6 Å². The van der Waals surface area contributed by atoms with Gasteiger partial charge >= 0.3 is 0 Å². The van der Waals surface area contributed by atoms with Gasteiger partial charge in [-0.1, -0.05) is 18.2 Å². The summed E-state index contributed by atoms with van der Waals surface area (Å²) in [6.45, 7) is 0.0211. The van der Waals surface area contributed by atoms with Gasteiger partial charge in [-0.2, -0.15) is 0 Å². The molecule has 0 heterocycles. The molecule has 1 N–H and O–H groups in total. The van der Waals surface area contributed by atoms with Gasteiger partial charge in [0.15, 0.2) is 12.6 Å². The molecule has 2 rings (SSSR count). The maximum Gasteiger partial charge on any atom is 0.193 e. The number of rotatable bonds is 8. The van der Waals surface area contributed by atoms with Crippen LogP contribution in [0.1, 0.15) is 15.9 Å². The number of benzene rings is 2. The molecule has 0 fully saturated rings. The maximum atomic E-state index is 12.4. The fraction of sp³-hybridized carbons (Fsp3) is 0.211. The fourth-order valence-electron chi connectivity index (χ4n) is 2.17. The fourth-order valence-corrected chi connectivity index (χ4v) is 2.17. The molecule has 0 aliphatic heterocycles. The van der Waals surface area contributed by atoms with Crippen molar-refractivity contribution in [2.45, 2.75) is 0 Å². The van der Waals surface area contributed by atoms with E-state index in [0.717, 1.165) is 11.3 Å². The molecule has 0 atom stereocenters. The van der Waals surface area contributed by atoms with Crippen LogP contribution in [0.3, 0.4) is 0 Å². The first-order chi connectivity index (χ1) is 12.1. The summed E-state index contributed by atoms with van der Waals surface area (Å²) in [7, 11) is 4.49. The van der Waals surface area contributed by atoms with Crippen LogP contribution in [-0.4, -0.2) is 39.0 Å². The molecular formula is C19H20O6. The molecule has 0 bridgehead atoms. The van der Waals surface area contributed by atoms with Crippen molar-refractivity contribution in [3.8, 4) is 23.0 Å². The normalized spacial score (nSPS) is 10.7. The van der Waals surface area contributed by atoms with Crippen molar-refractivity contribution < 1.29 is 28.8 Å². The molecule has 2 aromatic carbocycles. The summed E-state index contributed by atoms with van der Waals surface area (Å²) in [5.74, 6) is 0.676. The number of aromatic hydroxyl groups is 1. The molecule has 25 heavy (non-hydrogen) atoms. The highest BCUT2D eigenvalue weighted by Gasteiger charge is 2.17. The van der Waals surface area contributed by atoms with Crippen molar-refractivity contribution in [1.29, 1.82) is 0 Å². The third-order valence-corrected chi connectivity index (χ3v) is 3.41. The monoisotopic (exact) mass is 344 g/mol. The molecule has 0 aromatic heterocycles. The molecule has 6 heteroatoms. The molecule has 0 aliphatic rings. The van der Waals surface area contributed by atoms with Crippen LogP contribution in [0, 0.1) is 0 Å². The van der Waals surface area contributed by atoms with Crippen molar-refractivity contribution in [2.75, 3.05) is 28.1 Å². The van der Waals surface area contributed by atoms with Crippen molar-refractivity contribution >= 4 is 11.9 Å². The summed E-state index contributed by atoms with van der Waals surface area (Å²) >= 11 is 0. The largest absolute Gasteiger partial charge is 0.507 e. The minimum Gasteiger partial charge on any atom is -0.507 e. The zero-order valence-corrected chi connectivity index (χ0v) is 14.3. The van der Waals surface area contributed by atoms with E-state index in [1.54, 1.807) is 25.3 Å². The Morgan fingerprint density at radius 2 is 1.76 bits per heavy atom. The number of carbonyl (C=O) groups excluding carboxylic acids is 1. The van der Waals surface area contributed by atoms with E-state index in [2.05, 4.69) is 0 Å². The number of phenolic OH excluding ortho intramolecular Hbond substituents is 1. The molecule has 6 nitrogen and oxygen atoms in total. The maximum absolute atomic E-state index is 12.4. The zero-order chi connectivity index (χ0) is 18.2. The molecular weight excluding hydrogens is 324 g/mol. The predicted molar refractivity (Wildman–Crippen MR) is 93.5 cm³/mol. The number of carbonyl (C=O) groups is 1. The first-order valence-corrected chi connectivity index (χ1v) is 7.48. The summed E-state index contributed by atoms with van der Waals surface area (Å²) in [6.07, 6.45) is 3.02. The van der Waals surface area contributed by atoms with Crippen LogP contribution >= 0.6 is 0 Å². The average Bonchev–Trinajstić information content (AvgIpc) is 2.64. The van der Waals surface area contributed by atoms with Crippen LogP contribution in [0.4, 0.5) is 0 Å². The molecule has 0 radical (unpaired) electrons. The molecule has 0 amide bonds. The number of phenols is 1. The molecule has 0 spiro atoms. The summed E-state index contributed by atoms with van der Waals surface area (Å²) in [5.41, 5.74) is 0.893. The van der Waals surface area contributed by atoms with Crippen molar-refractivity contribution in [2.24, 2.45) is 0 Å². The number of hydrogen-bond donors (Lipinski definition) is 1. The Morgan fingerprint density at radius 1 is 1.04 bits per heavy atom. The number of ether oxygens (including phenoxy) is 4. The van der Waals surface area contributed by atoms with Gasteiger partial charge in [0.1, 0.15) is 28.6 Å². The van der Waals surface area contributed by atoms with Crippen LogP contribution in [-0.2, 0) is 4.74 Å². The van der Waals surface area contributed by atoms with Crippen molar-refractivity contribution in [3.05, 3.63) is 53.6 Å². The Morgan fingerprint density at radius 3 is 2.36 bits per heavy atom. The Bertz CT molecular complexity index is 749. The quantitative estimate of drug-likeness (QED) is 0.450. The topological polar surface area (TPSA) is 74.2 Å². The van der Waals surface area contributed by atoms with Gasteiger partial charge in [0.2, 0.25) is 0 Å². The van der Waals surface area contributed by atoms with Gasteiger partial charge in [0.25, 0.3) is 0 Å². The van der Waals surface area contributed by atoms with Gasteiger partial charge in [-0.25, -0.2) is 0 Å². The highest BCUT2D eigenvalue weighted by molar-refractivity contribution is 6.10. The van der Waals surface area contributed by atoms with Gasteiger partial charge in [-0.05, 0) is 23.8 Å². The molecule has 0 saturated heterocycles. The lowest BCUT2D eigenvalue weighted by molar-refractivity contribution is 0.0508. The number of methoxy groups -OCH3 is 3. The number of ketones is 1. The molecule has 0 unspecified atom stereocenters. The second-order valence-corrected chi connectivity index (χ2v) is 5.04. The SMILES string of the molecule is COCOc1cc(O)c(C(=O)/C=C/c2ccc(OC)cc2)c(OC)c1. The summed E-state index contributed by atoms with van der Waals surface area (Å²) in [6, 6.07) is 10.1. The summed E-state index contributed by atoms with van der Waals surface area (Å²) in [4.78, 5) is 12.4. The standard InChI is InChI=1S/C19H20O6/c1-22-12-25-15-10-17(21)19(18(11-15)24-3)16(20)9-6-13-4-7-14(23-2)8-5-13/h4-11,21H,12H2,1-3H3/b9-6+. The first kappa shape index (κ1) is 18.4. The van der Waals surface area contributed by atoms with Gasteiger partial charge in [-0.15, -0.1) is 0 Å². The number of allylic oxidation sites excluding steroid dienone is 1. The minimum atomic E-state index is -0.386. The lowest BCUT2D eigenvalue weighted by Crippen LogP contribution is -2.03. The minimum absolute atomic E-state index is 0.0211. The summed E-state index contributed by atoms with van der Waals surface area (Å²) < 4.78 is 20.4. The second-order valence-electron chi connectivity index (χ2n) is 5.04. The lowest BCUT2D eigenvalue weighted by atomic mass is 10.1. The van der Waals surface area contributed by atoms with Gasteiger partial charge in [0, 0.05) is 19.2 Å². The molecule has 2 aromatic rings. The van der Waals surface area contributed by atoms with E-state index >= 15 is 0 Å². The lowest BCUT2D eigenvalue weighted by Gasteiger charge is -2.11. The Balaban J connectivity index is 2.23. The van der Waals surface area contributed by atoms with Crippen molar-refractivity contribution in [1.82, 2.24) is 0 Å². The third kappa shape index (κ3) is 4.74. The smallest absolute Gasteiger partial charge is 0.193 e. The highest BCUT2D eigenvalue weighted by atomic mass is 16.7. The van der Waals surface area contributed by atoms with E-state index in [9.17, 15) is 9.90 Å². The van der Waals surface area contributed by atoms with Crippen LogP contribution in [0.25, 0.3) is 6.08 Å². The van der Waals surface area contributed by atoms with Crippen LogP contribution in [0.15, 0.2) is 42.5 Å². The van der Waals surface area contributed by atoms with E-state index in [1.807, 2.05) is 12.1 Å². The molecule has 0 saturated carbocycles. The van der Waals surface area contributed by atoms with E-state index in [1.165, 1.54) is 32.4 Å². The van der Waals surface area contributed by atoms with E-state index in [4.69, 9.17) is 18.9 Å². The second kappa shape index (κ2) is 8.75. The summed E-state index contributed by atoms with van der Waals surface area (Å²) in [5, 5.41) is 10.2. The highest BCUT2D eigenvalue weighted by Crippen LogP contribution is 2.34. The Labute approximate surface area is 146 Å². The molecule has 132 valence electrons. The van der Waals surface area contributed by atoms with Gasteiger partial charge in [0.05, 0.1) is 14.2 Å². The van der Waals surface area contributed by atoms with Crippen LogP contribution < -0.4 is 14.2 Å². The van der Waals surface area contributed by atoms with E-state index < -0.39 is 0 Å². The van der Waals surface area contributed by atoms with Crippen molar-refractivity contribution in [3.63, 3.8) is 0 Å². The molecule has 0 aliphatic carbocycles. The predicted octanol–water partition coefficient (Wildman–Crippen LogP) is 3.29. The first-order valence-electron chi connectivity index (χ1n) is 7.48. The van der Waals surface area contributed by atoms with E-state index in [0.29, 0.717) is 5.75 Å². The zero-order valence-electron chi connectivity index (χ0n) is 14.3. The average molecular weight is 344 g/mol. The van der Waals surface area contributed by atoms with Gasteiger partial charge < -0.3 is 24.1 Å². The number of hydrogen-bond acceptors (Lipinski definition) is 6. The Kier molecular flexibility index (Phi) is 6.42. The van der Waals surface area contributed by atoms with Crippen LogP contribution in [0.2, 0.25) is 0 Å². The third-order valence-electron chi connectivity index (χ3n) is 3.41. The van der Waals surface area contributed by atoms with Gasteiger partial charge in [-0.3, -0.25) is 4.79 Å². The Hall–Kier alpha value is -2.99.